The lowest BCUT2D eigenvalue weighted by molar-refractivity contribution is -0.131. The molecule has 0 aromatic heterocycles. The summed E-state index contributed by atoms with van der Waals surface area (Å²) in [5.41, 5.74) is 3.21. The maximum absolute atomic E-state index is 11.4. The minimum Gasteiger partial charge on any atom is -0.507 e. The third-order valence-electron chi connectivity index (χ3n) is 3.37. The molecule has 1 aliphatic carbocycles. The molecule has 2 aromatic rings. The van der Waals surface area contributed by atoms with Crippen LogP contribution in [0.5, 0.6) is 0 Å². The molecule has 0 heterocycles. The highest BCUT2D eigenvalue weighted by Crippen LogP contribution is 2.27. The summed E-state index contributed by atoms with van der Waals surface area (Å²) in [4.78, 5) is 22.6. The Morgan fingerprint density at radius 1 is 0.619 bits per heavy atom. The Morgan fingerprint density at radius 2 is 1.14 bits per heavy atom. The van der Waals surface area contributed by atoms with E-state index in [-0.39, 0.29) is 5.76 Å². The van der Waals surface area contributed by atoms with Crippen molar-refractivity contribution in [2.24, 2.45) is 0 Å². The lowest BCUT2D eigenvalue weighted by Gasteiger charge is -2.11. The molecule has 0 saturated carbocycles. The van der Waals surface area contributed by atoms with Gasteiger partial charge < -0.3 is 5.11 Å². The van der Waals surface area contributed by atoms with Crippen LogP contribution in [0, 0.1) is 0 Å². The summed E-state index contributed by atoms with van der Waals surface area (Å²) >= 11 is 0. The molecule has 1 N–H and O–H groups in total. The fourth-order valence-electron chi connectivity index (χ4n) is 2.25. The molecule has 2 aromatic carbocycles. The molecule has 0 saturated heterocycles. The van der Waals surface area contributed by atoms with E-state index in [1.807, 2.05) is 54.6 Å². The molecule has 0 atom stereocenters. The maximum Gasteiger partial charge on any atom is 0.229 e. The van der Waals surface area contributed by atoms with E-state index >= 15 is 0 Å². The van der Waals surface area contributed by atoms with Crippen LogP contribution in [0.25, 0.3) is 16.7 Å². The van der Waals surface area contributed by atoms with Gasteiger partial charge in [0.05, 0.1) is 0 Å². The molecule has 1 aliphatic rings. The van der Waals surface area contributed by atoms with Gasteiger partial charge in [0.25, 0.3) is 0 Å². The molecule has 3 heteroatoms. The van der Waals surface area contributed by atoms with E-state index < -0.39 is 11.6 Å². The van der Waals surface area contributed by atoms with Crippen molar-refractivity contribution in [1.82, 2.24) is 0 Å². The van der Waals surface area contributed by atoms with Gasteiger partial charge in [-0.2, -0.15) is 0 Å². The quantitative estimate of drug-likeness (QED) is 0.676. The molecule has 3 nitrogen and oxygen atoms in total. The first-order valence-electron chi connectivity index (χ1n) is 6.52. The number of hydrogen-bond acceptors (Lipinski definition) is 3. The van der Waals surface area contributed by atoms with Crippen LogP contribution in [-0.4, -0.2) is 16.7 Å². The number of benzene rings is 2. The highest BCUT2D eigenvalue weighted by atomic mass is 16.3. The van der Waals surface area contributed by atoms with Gasteiger partial charge >= 0.3 is 0 Å². The van der Waals surface area contributed by atoms with Crippen LogP contribution in [0.2, 0.25) is 0 Å². The SMILES string of the molecule is O=C1C=C(O)C(c2ccc(-c3ccccc3)cc2)=CC1=O. The lowest BCUT2D eigenvalue weighted by atomic mass is 9.95. The van der Waals surface area contributed by atoms with Crippen molar-refractivity contribution in [1.29, 1.82) is 0 Å². The fourth-order valence-corrected chi connectivity index (χ4v) is 2.25. The molecular formula is C18H12O3. The van der Waals surface area contributed by atoms with Crippen LogP contribution < -0.4 is 0 Å². The predicted octanol–water partition coefficient (Wildman–Crippen LogP) is 3.33. The Bertz CT molecular complexity index is 766. The summed E-state index contributed by atoms with van der Waals surface area (Å²) in [6, 6.07) is 17.4. The first kappa shape index (κ1) is 13.1. The second-order valence-electron chi connectivity index (χ2n) is 4.76. The molecule has 0 spiro atoms. The zero-order valence-corrected chi connectivity index (χ0v) is 11.1. The monoisotopic (exact) mass is 276 g/mol. The molecule has 0 unspecified atom stereocenters. The number of carbonyl (C=O) groups excluding carboxylic acids is 2. The average molecular weight is 276 g/mol. The van der Waals surface area contributed by atoms with Gasteiger partial charge in [0, 0.05) is 17.7 Å². The summed E-state index contributed by atoms with van der Waals surface area (Å²) in [5.74, 6) is -1.49. The van der Waals surface area contributed by atoms with Crippen molar-refractivity contribution >= 4 is 17.1 Å². The molecule has 21 heavy (non-hydrogen) atoms. The Morgan fingerprint density at radius 3 is 1.81 bits per heavy atom. The van der Waals surface area contributed by atoms with Gasteiger partial charge in [-0.1, -0.05) is 54.6 Å². The van der Waals surface area contributed by atoms with Crippen molar-refractivity contribution in [3.8, 4) is 11.1 Å². The smallest absolute Gasteiger partial charge is 0.229 e. The number of allylic oxidation sites excluding steroid dienone is 3. The second-order valence-corrected chi connectivity index (χ2v) is 4.76. The van der Waals surface area contributed by atoms with Gasteiger partial charge in [0.2, 0.25) is 11.6 Å². The number of carbonyl (C=O) groups is 2. The Hall–Kier alpha value is -2.94. The molecule has 0 bridgehead atoms. The maximum atomic E-state index is 11.4. The number of aliphatic hydroxyl groups excluding tert-OH is 1. The zero-order chi connectivity index (χ0) is 14.8. The van der Waals surface area contributed by atoms with Gasteiger partial charge in [-0.05, 0) is 16.7 Å². The van der Waals surface area contributed by atoms with Gasteiger partial charge in [0.15, 0.2) is 0 Å². The first-order chi connectivity index (χ1) is 10.1. The molecule has 0 radical (unpaired) electrons. The summed E-state index contributed by atoms with van der Waals surface area (Å²) in [5, 5.41) is 9.82. The summed E-state index contributed by atoms with van der Waals surface area (Å²) in [6.07, 6.45) is 2.14. The standard InChI is InChI=1S/C18H12O3/c19-16-11-18(21)17(20)10-15(16)14-8-6-13(7-9-14)12-4-2-1-3-5-12/h1-11,19H. The number of rotatable bonds is 2. The van der Waals surface area contributed by atoms with E-state index in [4.69, 9.17) is 0 Å². The molecule has 102 valence electrons. The number of ketones is 2. The van der Waals surface area contributed by atoms with Crippen LogP contribution in [0.3, 0.4) is 0 Å². The van der Waals surface area contributed by atoms with E-state index in [2.05, 4.69) is 0 Å². The fraction of sp³-hybridized carbons (Fsp3) is 0. The van der Waals surface area contributed by atoms with Crippen LogP contribution in [-0.2, 0) is 9.59 Å². The van der Waals surface area contributed by atoms with E-state index in [9.17, 15) is 14.7 Å². The number of hydrogen-bond donors (Lipinski definition) is 1. The Balaban J connectivity index is 1.95. The third kappa shape index (κ3) is 2.54. The molecule has 0 fully saturated rings. The van der Waals surface area contributed by atoms with E-state index in [0.717, 1.165) is 17.2 Å². The topological polar surface area (TPSA) is 54.4 Å². The van der Waals surface area contributed by atoms with E-state index in [1.54, 1.807) is 0 Å². The molecule has 0 amide bonds. The Labute approximate surface area is 121 Å². The van der Waals surface area contributed by atoms with Crippen molar-refractivity contribution in [2.75, 3.05) is 0 Å². The summed E-state index contributed by atoms with van der Waals surface area (Å²) in [6.45, 7) is 0. The van der Waals surface area contributed by atoms with Gasteiger partial charge in [-0.3, -0.25) is 9.59 Å². The normalized spacial score (nSPS) is 14.7. The summed E-state index contributed by atoms with van der Waals surface area (Å²) in [7, 11) is 0. The average Bonchev–Trinajstić information content (AvgIpc) is 2.52. The van der Waals surface area contributed by atoms with Crippen molar-refractivity contribution in [3.05, 3.63) is 78.1 Å². The van der Waals surface area contributed by atoms with E-state index in [0.29, 0.717) is 11.1 Å². The molecule has 3 rings (SSSR count). The zero-order valence-electron chi connectivity index (χ0n) is 11.1. The largest absolute Gasteiger partial charge is 0.507 e. The Kier molecular flexibility index (Phi) is 3.24. The number of aliphatic hydroxyl groups is 1. The minimum atomic E-state index is -0.697. The predicted molar refractivity (Wildman–Crippen MR) is 80.6 cm³/mol. The second kappa shape index (κ2) is 5.21. The molecular weight excluding hydrogens is 264 g/mol. The van der Waals surface area contributed by atoms with Crippen molar-refractivity contribution in [3.63, 3.8) is 0 Å². The first-order valence-corrected chi connectivity index (χ1v) is 6.52. The van der Waals surface area contributed by atoms with Crippen LogP contribution in [0.4, 0.5) is 0 Å². The van der Waals surface area contributed by atoms with Crippen LogP contribution in [0.15, 0.2) is 72.5 Å². The van der Waals surface area contributed by atoms with Crippen molar-refractivity contribution < 1.29 is 14.7 Å². The van der Waals surface area contributed by atoms with Gasteiger partial charge in [-0.15, -0.1) is 0 Å². The lowest BCUT2D eigenvalue weighted by Crippen LogP contribution is -2.14. The highest BCUT2D eigenvalue weighted by molar-refractivity contribution is 6.48. The van der Waals surface area contributed by atoms with Gasteiger partial charge in [0.1, 0.15) is 5.76 Å². The summed E-state index contributed by atoms with van der Waals surface area (Å²) < 4.78 is 0. The highest BCUT2D eigenvalue weighted by Gasteiger charge is 2.20. The van der Waals surface area contributed by atoms with Crippen molar-refractivity contribution in [2.45, 2.75) is 0 Å². The third-order valence-corrected chi connectivity index (χ3v) is 3.37. The molecule has 0 aliphatic heterocycles. The van der Waals surface area contributed by atoms with Crippen LogP contribution >= 0.6 is 0 Å². The van der Waals surface area contributed by atoms with Gasteiger partial charge in [-0.25, -0.2) is 0 Å². The van der Waals surface area contributed by atoms with E-state index in [1.165, 1.54) is 6.08 Å². The minimum absolute atomic E-state index is 0.174. The van der Waals surface area contributed by atoms with Crippen LogP contribution in [0.1, 0.15) is 5.56 Å².